The molecule has 1 fully saturated rings. The molecule has 1 saturated heterocycles. The zero-order chi connectivity index (χ0) is 16.4. The smallest absolute Gasteiger partial charge is 0.231 e. The highest BCUT2D eigenvalue weighted by molar-refractivity contribution is 5.92. The molecule has 0 spiro atoms. The maximum atomic E-state index is 12.6. The van der Waals surface area contributed by atoms with Crippen LogP contribution < -0.4 is 10.2 Å². The second-order valence-corrected chi connectivity index (χ2v) is 5.90. The fourth-order valence-corrected chi connectivity index (χ4v) is 2.73. The van der Waals surface area contributed by atoms with Gasteiger partial charge in [0.2, 0.25) is 5.91 Å². The van der Waals surface area contributed by atoms with E-state index in [-0.39, 0.29) is 17.9 Å². The predicted molar refractivity (Wildman–Crippen MR) is 87.2 cm³/mol. The Hall–Kier alpha value is -2.41. The first-order valence-corrected chi connectivity index (χ1v) is 7.60. The van der Waals surface area contributed by atoms with E-state index in [9.17, 15) is 4.79 Å². The number of amides is 1. The first-order valence-electron chi connectivity index (χ1n) is 7.60. The number of aryl methyl sites for hydroxylation is 1. The number of nitrogens with zero attached hydrogens (tertiary/aromatic N) is 4. The van der Waals surface area contributed by atoms with Crippen LogP contribution in [0.4, 0.5) is 11.6 Å². The Morgan fingerprint density at radius 2 is 2.26 bits per heavy atom. The van der Waals surface area contributed by atoms with E-state index >= 15 is 0 Å². The molecule has 0 bridgehead atoms. The van der Waals surface area contributed by atoms with Crippen LogP contribution in [0.1, 0.15) is 18.1 Å². The molecule has 2 atom stereocenters. The van der Waals surface area contributed by atoms with Gasteiger partial charge in [-0.1, -0.05) is 6.07 Å². The number of anilines is 2. The van der Waals surface area contributed by atoms with Gasteiger partial charge >= 0.3 is 0 Å². The summed E-state index contributed by atoms with van der Waals surface area (Å²) in [4.78, 5) is 18.9. The normalized spacial score (nSPS) is 20.5. The van der Waals surface area contributed by atoms with E-state index in [0.29, 0.717) is 18.8 Å². The van der Waals surface area contributed by atoms with Crippen LogP contribution in [0.3, 0.4) is 0 Å². The third-order valence-corrected chi connectivity index (χ3v) is 3.93. The number of ether oxygens (including phenoxy) is 1. The molecular weight excluding hydrogens is 294 g/mol. The van der Waals surface area contributed by atoms with Crippen LogP contribution >= 0.6 is 0 Å². The second-order valence-electron chi connectivity index (χ2n) is 5.90. The Balaban J connectivity index is 1.73. The molecule has 7 heteroatoms. The Bertz CT molecular complexity index is 697. The maximum Gasteiger partial charge on any atom is 0.231 e. The Morgan fingerprint density at radius 3 is 2.96 bits per heavy atom. The molecule has 1 aliphatic heterocycles. The lowest BCUT2D eigenvalue weighted by atomic mass is 9.96. The Kier molecular flexibility index (Phi) is 4.29. The number of nitrogens with one attached hydrogen (secondary N) is 1. The van der Waals surface area contributed by atoms with Crippen molar-refractivity contribution < 1.29 is 9.53 Å². The molecule has 1 amide bonds. The SMILES string of the molecule is CN(C)c1cccc(NC(=O)[C@H]2CCO[C@@H]2c2cnn(C)c2)n1. The number of rotatable bonds is 4. The highest BCUT2D eigenvalue weighted by Gasteiger charge is 2.36. The molecule has 0 radical (unpaired) electrons. The van der Waals surface area contributed by atoms with Crippen LogP contribution in [0.2, 0.25) is 0 Å². The molecular formula is C16H21N5O2. The van der Waals surface area contributed by atoms with Crippen molar-refractivity contribution >= 4 is 17.5 Å². The number of pyridine rings is 1. The van der Waals surface area contributed by atoms with Crippen molar-refractivity contribution in [2.24, 2.45) is 13.0 Å². The van der Waals surface area contributed by atoms with E-state index in [0.717, 1.165) is 11.4 Å². The summed E-state index contributed by atoms with van der Waals surface area (Å²) in [6, 6.07) is 5.56. The largest absolute Gasteiger partial charge is 0.373 e. The molecule has 3 rings (SSSR count). The van der Waals surface area contributed by atoms with Crippen LogP contribution in [0, 0.1) is 5.92 Å². The second kappa shape index (κ2) is 6.37. The molecule has 3 heterocycles. The van der Waals surface area contributed by atoms with E-state index in [1.54, 1.807) is 16.9 Å². The number of carbonyl (C=O) groups excluding carboxylic acids is 1. The number of hydrogen-bond acceptors (Lipinski definition) is 5. The van der Waals surface area contributed by atoms with Gasteiger partial charge in [-0.2, -0.15) is 5.10 Å². The zero-order valence-electron chi connectivity index (χ0n) is 13.6. The van der Waals surface area contributed by atoms with Gasteiger partial charge in [0.25, 0.3) is 0 Å². The standard InChI is InChI=1S/C16H21N5O2/c1-20(2)14-6-4-5-13(18-14)19-16(22)12-7-8-23-15(12)11-9-17-21(3)10-11/h4-6,9-10,12,15H,7-8H2,1-3H3,(H,18,19,22)/t12-,15+/m0/s1. The molecule has 0 aliphatic carbocycles. The summed E-state index contributed by atoms with van der Waals surface area (Å²) in [6.45, 7) is 0.572. The highest BCUT2D eigenvalue weighted by atomic mass is 16.5. The summed E-state index contributed by atoms with van der Waals surface area (Å²) in [7, 11) is 5.68. The molecule has 1 N–H and O–H groups in total. The minimum absolute atomic E-state index is 0.0697. The molecule has 122 valence electrons. The van der Waals surface area contributed by atoms with Gasteiger partial charge in [0.1, 0.15) is 11.6 Å². The monoisotopic (exact) mass is 315 g/mol. The summed E-state index contributed by atoms with van der Waals surface area (Å²) >= 11 is 0. The van der Waals surface area contributed by atoms with Crippen molar-refractivity contribution in [1.29, 1.82) is 0 Å². The van der Waals surface area contributed by atoms with E-state index in [1.165, 1.54) is 0 Å². The lowest BCUT2D eigenvalue weighted by Crippen LogP contribution is -2.26. The molecule has 2 aromatic rings. The first-order chi connectivity index (χ1) is 11.0. The molecule has 23 heavy (non-hydrogen) atoms. The van der Waals surface area contributed by atoms with Crippen LogP contribution in [0.25, 0.3) is 0 Å². The molecule has 7 nitrogen and oxygen atoms in total. The lowest BCUT2D eigenvalue weighted by molar-refractivity contribution is -0.121. The summed E-state index contributed by atoms with van der Waals surface area (Å²) in [6.07, 6.45) is 4.09. The number of carbonyl (C=O) groups is 1. The molecule has 0 aromatic carbocycles. The third kappa shape index (κ3) is 3.34. The zero-order valence-corrected chi connectivity index (χ0v) is 13.6. The van der Waals surface area contributed by atoms with Gasteiger partial charge in [-0.15, -0.1) is 0 Å². The van der Waals surface area contributed by atoms with Crippen LogP contribution in [-0.2, 0) is 16.6 Å². The highest BCUT2D eigenvalue weighted by Crippen LogP contribution is 2.35. The lowest BCUT2D eigenvalue weighted by Gasteiger charge is -2.17. The fourth-order valence-electron chi connectivity index (χ4n) is 2.73. The minimum atomic E-state index is -0.249. The van der Waals surface area contributed by atoms with Gasteiger partial charge in [0.15, 0.2) is 0 Å². The van der Waals surface area contributed by atoms with Crippen molar-refractivity contribution in [3.8, 4) is 0 Å². The Labute approximate surface area is 135 Å². The van der Waals surface area contributed by atoms with Crippen LogP contribution in [-0.4, -0.2) is 41.4 Å². The van der Waals surface area contributed by atoms with E-state index in [2.05, 4.69) is 15.4 Å². The van der Waals surface area contributed by atoms with Gasteiger partial charge in [-0.3, -0.25) is 9.48 Å². The maximum absolute atomic E-state index is 12.6. The summed E-state index contributed by atoms with van der Waals surface area (Å²) < 4.78 is 7.46. The molecule has 1 aliphatic rings. The van der Waals surface area contributed by atoms with Crippen molar-refractivity contribution in [2.45, 2.75) is 12.5 Å². The van der Waals surface area contributed by atoms with Gasteiger partial charge in [0, 0.05) is 39.5 Å². The van der Waals surface area contributed by atoms with Gasteiger partial charge in [-0.05, 0) is 18.6 Å². The third-order valence-electron chi connectivity index (χ3n) is 3.93. The quantitative estimate of drug-likeness (QED) is 0.928. The topological polar surface area (TPSA) is 72.3 Å². The summed E-state index contributed by atoms with van der Waals surface area (Å²) in [5.74, 6) is 1.05. The molecule has 2 aromatic heterocycles. The number of hydrogen-bond donors (Lipinski definition) is 1. The van der Waals surface area contributed by atoms with E-state index in [4.69, 9.17) is 4.74 Å². The summed E-state index contributed by atoms with van der Waals surface area (Å²) in [5.41, 5.74) is 0.931. The van der Waals surface area contributed by atoms with Crippen molar-refractivity contribution in [3.05, 3.63) is 36.2 Å². The van der Waals surface area contributed by atoms with Gasteiger partial charge < -0.3 is 15.0 Å². The van der Waals surface area contributed by atoms with Gasteiger partial charge in [0.05, 0.1) is 18.2 Å². The van der Waals surface area contributed by atoms with Crippen molar-refractivity contribution in [1.82, 2.24) is 14.8 Å². The van der Waals surface area contributed by atoms with E-state index in [1.807, 2.05) is 44.4 Å². The minimum Gasteiger partial charge on any atom is -0.373 e. The average molecular weight is 315 g/mol. The fraction of sp³-hybridized carbons (Fsp3) is 0.438. The van der Waals surface area contributed by atoms with Gasteiger partial charge in [-0.25, -0.2) is 4.98 Å². The van der Waals surface area contributed by atoms with Crippen LogP contribution in [0.15, 0.2) is 30.6 Å². The van der Waals surface area contributed by atoms with Crippen molar-refractivity contribution in [3.63, 3.8) is 0 Å². The molecule has 0 saturated carbocycles. The Morgan fingerprint density at radius 1 is 1.43 bits per heavy atom. The van der Waals surface area contributed by atoms with Crippen LogP contribution in [0.5, 0.6) is 0 Å². The molecule has 0 unspecified atom stereocenters. The number of aromatic nitrogens is 3. The average Bonchev–Trinajstić information content (AvgIpc) is 3.15. The predicted octanol–water partition coefficient (Wildman–Crippen LogP) is 1.60. The summed E-state index contributed by atoms with van der Waals surface area (Å²) in [5, 5.41) is 7.06. The van der Waals surface area contributed by atoms with E-state index < -0.39 is 0 Å². The van der Waals surface area contributed by atoms with Crippen molar-refractivity contribution in [2.75, 3.05) is 30.9 Å². The first kappa shape index (κ1) is 15.5.